The molecule has 122 valence electrons. The van der Waals surface area contributed by atoms with Gasteiger partial charge in [-0.05, 0) is 24.5 Å². The summed E-state index contributed by atoms with van der Waals surface area (Å²) in [6, 6.07) is 12.8. The molecule has 0 unspecified atom stereocenters. The van der Waals surface area contributed by atoms with Crippen molar-refractivity contribution in [2.45, 2.75) is 31.3 Å². The van der Waals surface area contributed by atoms with Gasteiger partial charge >= 0.3 is 0 Å². The Morgan fingerprint density at radius 3 is 2.79 bits per heavy atom. The van der Waals surface area contributed by atoms with E-state index in [1.54, 1.807) is 6.33 Å². The van der Waals surface area contributed by atoms with Crippen molar-refractivity contribution in [2.24, 2.45) is 5.73 Å². The van der Waals surface area contributed by atoms with Gasteiger partial charge in [-0.3, -0.25) is 4.98 Å². The molecule has 0 spiro atoms. The summed E-state index contributed by atoms with van der Waals surface area (Å²) < 4.78 is 0. The van der Waals surface area contributed by atoms with E-state index < -0.39 is 0 Å². The number of rotatable bonds is 4. The molecule has 0 bridgehead atoms. The molecule has 3 aromatic rings. The second-order valence-corrected chi connectivity index (χ2v) is 6.58. The van der Waals surface area contributed by atoms with Crippen molar-refractivity contribution in [1.29, 1.82) is 0 Å². The molecule has 0 saturated heterocycles. The van der Waals surface area contributed by atoms with Gasteiger partial charge in [-0.25, -0.2) is 9.97 Å². The normalized spacial score (nSPS) is 19.9. The first kappa shape index (κ1) is 15.0. The summed E-state index contributed by atoms with van der Waals surface area (Å²) in [7, 11) is 2.06. The van der Waals surface area contributed by atoms with Crippen LogP contribution in [0.1, 0.15) is 30.0 Å². The van der Waals surface area contributed by atoms with Crippen LogP contribution in [0.2, 0.25) is 0 Å². The molecule has 1 saturated carbocycles. The van der Waals surface area contributed by atoms with Crippen LogP contribution in [-0.4, -0.2) is 28.0 Å². The Kier molecular flexibility index (Phi) is 3.86. The van der Waals surface area contributed by atoms with Crippen LogP contribution in [0.15, 0.2) is 48.9 Å². The first-order valence-corrected chi connectivity index (χ1v) is 8.32. The van der Waals surface area contributed by atoms with Gasteiger partial charge in [0.25, 0.3) is 0 Å². The van der Waals surface area contributed by atoms with Gasteiger partial charge in [0.1, 0.15) is 12.1 Å². The van der Waals surface area contributed by atoms with Crippen molar-refractivity contribution < 1.29 is 0 Å². The molecule has 5 heteroatoms. The van der Waals surface area contributed by atoms with Crippen LogP contribution in [0.4, 0.5) is 5.82 Å². The summed E-state index contributed by atoms with van der Waals surface area (Å²) in [5.74, 6) is 1.42. The zero-order valence-electron chi connectivity index (χ0n) is 13.8. The fraction of sp³-hybridized carbons (Fsp3) is 0.316. The topological polar surface area (TPSA) is 67.9 Å². The molecule has 5 nitrogen and oxygen atoms in total. The summed E-state index contributed by atoms with van der Waals surface area (Å²) in [6.45, 7) is 0.759. The Bertz CT molecular complexity index is 852. The molecule has 4 rings (SSSR count). The molecule has 1 aliphatic carbocycles. The Balaban J connectivity index is 1.57. The first-order chi connectivity index (χ1) is 11.7. The van der Waals surface area contributed by atoms with Gasteiger partial charge in [0.2, 0.25) is 0 Å². The lowest BCUT2D eigenvalue weighted by atomic mass is 9.78. The standard InChI is InChI=1S/C19H21N5/c1-24(11-14-5-2-4-13-6-3-7-21-19(13)14)18-10-17(22-12-23-18)15-8-16(20)9-15/h2-7,10,12,15-16H,8-9,11,20H2,1H3. The maximum Gasteiger partial charge on any atom is 0.132 e. The molecular weight excluding hydrogens is 298 g/mol. The lowest BCUT2D eigenvalue weighted by Crippen LogP contribution is -2.35. The number of para-hydroxylation sites is 1. The largest absolute Gasteiger partial charge is 0.355 e. The fourth-order valence-corrected chi connectivity index (χ4v) is 3.33. The molecule has 0 radical (unpaired) electrons. The summed E-state index contributed by atoms with van der Waals surface area (Å²) in [5.41, 5.74) is 9.24. The van der Waals surface area contributed by atoms with E-state index in [1.165, 1.54) is 5.56 Å². The zero-order valence-corrected chi connectivity index (χ0v) is 13.8. The number of nitrogens with zero attached hydrogens (tertiary/aromatic N) is 4. The molecule has 0 amide bonds. The van der Waals surface area contributed by atoms with Crippen LogP contribution in [0.5, 0.6) is 0 Å². The molecule has 0 aliphatic heterocycles. The maximum atomic E-state index is 5.90. The summed E-state index contributed by atoms with van der Waals surface area (Å²) in [6.07, 6.45) is 5.54. The number of nitrogens with two attached hydrogens (primary N) is 1. The molecule has 2 heterocycles. The van der Waals surface area contributed by atoms with Crippen LogP contribution in [0.25, 0.3) is 10.9 Å². The highest BCUT2D eigenvalue weighted by molar-refractivity contribution is 5.81. The molecule has 1 fully saturated rings. The SMILES string of the molecule is CN(Cc1cccc2cccnc12)c1cc(C2CC(N)C2)ncn1. The number of anilines is 1. The second kappa shape index (κ2) is 6.17. The number of aromatic nitrogens is 3. The Morgan fingerprint density at radius 1 is 1.12 bits per heavy atom. The van der Waals surface area contributed by atoms with E-state index >= 15 is 0 Å². The average Bonchev–Trinajstić information content (AvgIpc) is 2.59. The Hall–Kier alpha value is -2.53. The highest BCUT2D eigenvalue weighted by Crippen LogP contribution is 2.35. The van der Waals surface area contributed by atoms with Crippen molar-refractivity contribution in [2.75, 3.05) is 11.9 Å². The van der Waals surface area contributed by atoms with E-state index in [-0.39, 0.29) is 0 Å². The van der Waals surface area contributed by atoms with E-state index in [1.807, 2.05) is 12.3 Å². The molecule has 2 N–H and O–H groups in total. The molecule has 1 aliphatic rings. The van der Waals surface area contributed by atoms with Crippen LogP contribution in [0.3, 0.4) is 0 Å². The van der Waals surface area contributed by atoms with Crippen LogP contribution in [-0.2, 0) is 6.54 Å². The van der Waals surface area contributed by atoms with Gasteiger partial charge in [-0.2, -0.15) is 0 Å². The van der Waals surface area contributed by atoms with Crippen molar-refractivity contribution in [3.63, 3.8) is 0 Å². The quantitative estimate of drug-likeness (QED) is 0.801. The van der Waals surface area contributed by atoms with Crippen LogP contribution in [0, 0.1) is 0 Å². The maximum absolute atomic E-state index is 5.90. The molecule has 24 heavy (non-hydrogen) atoms. The van der Waals surface area contributed by atoms with Crippen molar-refractivity contribution in [3.05, 3.63) is 60.2 Å². The minimum atomic E-state index is 0.327. The fourth-order valence-electron chi connectivity index (χ4n) is 3.33. The minimum Gasteiger partial charge on any atom is -0.355 e. The monoisotopic (exact) mass is 319 g/mol. The lowest BCUT2D eigenvalue weighted by molar-refractivity contribution is 0.345. The van der Waals surface area contributed by atoms with E-state index in [2.05, 4.69) is 57.2 Å². The molecule has 2 aromatic heterocycles. The van der Waals surface area contributed by atoms with E-state index in [0.29, 0.717) is 12.0 Å². The number of benzene rings is 1. The number of hydrogen-bond donors (Lipinski definition) is 1. The van der Waals surface area contributed by atoms with Crippen molar-refractivity contribution in [3.8, 4) is 0 Å². The molecule has 0 atom stereocenters. The average molecular weight is 319 g/mol. The zero-order chi connectivity index (χ0) is 16.5. The van der Waals surface area contributed by atoms with E-state index in [4.69, 9.17) is 5.73 Å². The second-order valence-electron chi connectivity index (χ2n) is 6.58. The summed E-state index contributed by atoms with van der Waals surface area (Å²) >= 11 is 0. The molecule has 1 aromatic carbocycles. The number of pyridine rings is 1. The van der Waals surface area contributed by atoms with Crippen LogP contribution < -0.4 is 10.6 Å². The minimum absolute atomic E-state index is 0.327. The highest BCUT2D eigenvalue weighted by atomic mass is 15.2. The first-order valence-electron chi connectivity index (χ1n) is 8.32. The number of fused-ring (bicyclic) bond motifs is 1. The number of hydrogen-bond acceptors (Lipinski definition) is 5. The van der Waals surface area contributed by atoms with Gasteiger partial charge in [0.05, 0.1) is 5.52 Å². The summed E-state index contributed by atoms with van der Waals surface area (Å²) in [4.78, 5) is 15.5. The summed E-state index contributed by atoms with van der Waals surface area (Å²) in [5, 5.41) is 1.16. The third-order valence-electron chi connectivity index (χ3n) is 4.78. The van der Waals surface area contributed by atoms with Gasteiger partial charge in [-0.1, -0.05) is 24.3 Å². The smallest absolute Gasteiger partial charge is 0.132 e. The van der Waals surface area contributed by atoms with E-state index in [0.717, 1.165) is 41.8 Å². The van der Waals surface area contributed by atoms with Gasteiger partial charge in [0, 0.05) is 48.9 Å². The predicted molar refractivity (Wildman–Crippen MR) is 95.8 cm³/mol. The van der Waals surface area contributed by atoms with Crippen LogP contribution >= 0.6 is 0 Å². The van der Waals surface area contributed by atoms with Gasteiger partial charge in [-0.15, -0.1) is 0 Å². The lowest BCUT2D eigenvalue weighted by Gasteiger charge is -2.32. The Labute approximate surface area is 141 Å². The highest BCUT2D eigenvalue weighted by Gasteiger charge is 2.28. The Morgan fingerprint density at radius 2 is 1.96 bits per heavy atom. The molecular formula is C19H21N5. The third kappa shape index (κ3) is 2.83. The predicted octanol–water partition coefficient (Wildman–Crippen LogP) is 2.87. The van der Waals surface area contributed by atoms with E-state index in [9.17, 15) is 0 Å². The van der Waals surface area contributed by atoms with Gasteiger partial charge in [0.15, 0.2) is 0 Å². The van der Waals surface area contributed by atoms with Crippen molar-refractivity contribution in [1.82, 2.24) is 15.0 Å². The van der Waals surface area contributed by atoms with Crippen molar-refractivity contribution >= 4 is 16.7 Å². The van der Waals surface area contributed by atoms with Gasteiger partial charge < -0.3 is 10.6 Å². The third-order valence-corrected chi connectivity index (χ3v) is 4.78.